The van der Waals surface area contributed by atoms with Crippen molar-refractivity contribution in [3.63, 3.8) is 0 Å². The van der Waals surface area contributed by atoms with E-state index in [1.54, 1.807) is 6.92 Å². The Morgan fingerprint density at radius 2 is 1.88 bits per heavy atom. The first-order valence-corrected chi connectivity index (χ1v) is 6.07. The van der Waals surface area contributed by atoms with Gasteiger partial charge in [-0.15, -0.1) is 0 Å². The number of rotatable bonds is 5. The lowest BCUT2D eigenvalue weighted by atomic mass is 9.98. The lowest BCUT2D eigenvalue weighted by molar-refractivity contribution is -0.136. The highest BCUT2D eigenvalue weighted by atomic mass is 16.6. The quantitative estimate of drug-likeness (QED) is 0.319. The monoisotopic (exact) mass is 241 g/mol. The van der Waals surface area contributed by atoms with Crippen molar-refractivity contribution in [3.8, 4) is 0 Å². The molecule has 96 valence electrons. The normalized spacial score (nSPS) is 17.6. The molecule has 0 aromatic rings. The fourth-order valence-electron chi connectivity index (χ4n) is 1.74. The first-order valence-electron chi connectivity index (χ1n) is 6.07. The van der Waals surface area contributed by atoms with Crippen LogP contribution in [-0.4, -0.2) is 30.2 Å². The van der Waals surface area contributed by atoms with Crippen LogP contribution in [-0.2, 0) is 19.2 Å². The number of ether oxygens (including phenoxy) is 1. The summed E-state index contributed by atoms with van der Waals surface area (Å²) in [5.74, 6) is -1.14. The molecule has 1 rings (SSSR count). The third kappa shape index (κ3) is 4.54. The molecule has 17 heavy (non-hydrogen) atoms. The van der Waals surface area contributed by atoms with Gasteiger partial charge in [0.25, 0.3) is 0 Å². The maximum absolute atomic E-state index is 11.4. The van der Waals surface area contributed by atoms with E-state index in [2.05, 4.69) is 5.16 Å². The molecule has 0 saturated heterocycles. The van der Waals surface area contributed by atoms with Gasteiger partial charge in [-0.3, -0.25) is 4.79 Å². The molecule has 0 N–H and O–H groups in total. The molecule has 1 saturated carbocycles. The van der Waals surface area contributed by atoms with Crippen molar-refractivity contribution in [2.24, 2.45) is 5.16 Å². The first-order chi connectivity index (χ1) is 8.15. The van der Waals surface area contributed by atoms with Gasteiger partial charge in [-0.1, -0.05) is 11.6 Å². The minimum atomic E-state index is -0.712. The van der Waals surface area contributed by atoms with E-state index in [4.69, 9.17) is 9.57 Å². The second-order valence-electron chi connectivity index (χ2n) is 4.08. The molecule has 0 aliphatic heterocycles. The molecule has 0 radical (unpaired) electrons. The second kappa shape index (κ2) is 7.04. The van der Waals surface area contributed by atoms with Gasteiger partial charge in [0.05, 0.1) is 6.61 Å². The van der Waals surface area contributed by atoms with Gasteiger partial charge in [0.15, 0.2) is 5.78 Å². The Morgan fingerprint density at radius 1 is 1.24 bits per heavy atom. The third-order valence-corrected chi connectivity index (χ3v) is 2.65. The van der Waals surface area contributed by atoms with E-state index in [9.17, 15) is 9.59 Å². The molecule has 5 nitrogen and oxygen atoms in total. The second-order valence-corrected chi connectivity index (χ2v) is 4.08. The van der Waals surface area contributed by atoms with Gasteiger partial charge in [-0.2, -0.15) is 0 Å². The number of oxime groups is 1. The van der Waals surface area contributed by atoms with E-state index in [0.29, 0.717) is 0 Å². The van der Waals surface area contributed by atoms with Gasteiger partial charge in [-0.05, 0) is 32.6 Å². The first kappa shape index (κ1) is 13.7. The van der Waals surface area contributed by atoms with E-state index >= 15 is 0 Å². The van der Waals surface area contributed by atoms with E-state index in [-0.39, 0.29) is 18.4 Å². The van der Waals surface area contributed by atoms with Gasteiger partial charge in [0, 0.05) is 6.92 Å². The molecule has 1 aliphatic carbocycles. The molecule has 0 spiro atoms. The molecular weight excluding hydrogens is 222 g/mol. The highest BCUT2D eigenvalue weighted by Crippen LogP contribution is 2.20. The minimum Gasteiger partial charge on any atom is -0.461 e. The van der Waals surface area contributed by atoms with Crippen LogP contribution in [0.4, 0.5) is 0 Å². The number of nitrogens with zero attached hydrogens (tertiary/aromatic N) is 1. The molecule has 0 aromatic carbocycles. The predicted molar refractivity (Wildman–Crippen MR) is 62.7 cm³/mol. The van der Waals surface area contributed by atoms with E-state index in [1.807, 2.05) is 0 Å². The molecular formula is C12H19NO4. The van der Waals surface area contributed by atoms with Crippen molar-refractivity contribution in [3.05, 3.63) is 0 Å². The highest BCUT2D eigenvalue weighted by Gasteiger charge is 2.21. The van der Waals surface area contributed by atoms with E-state index in [1.165, 1.54) is 13.3 Å². The number of hydrogen-bond donors (Lipinski definition) is 0. The largest absolute Gasteiger partial charge is 0.461 e. The molecule has 1 fully saturated rings. The molecule has 0 unspecified atom stereocenters. The molecule has 0 heterocycles. The van der Waals surface area contributed by atoms with Crippen LogP contribution < -0.4 is 0 Å². The number of ketones is 1. The van der Waals surface area contributed by atoms with Crippen molar-refractivity contribution in [2.45, 2.75) is 52.1 Å². The Balaban J connectivity index is 2.56. The van der Waals surface area contributed by atoms with Gasteiger partial charge in [0.1, 0.15) is 6.10 Å². The Bertz CT molecular complexity index is 306. The summed E-state index contributed by atoms with van der Waals surface area (Å²) in [6.07, 6.45) is 5.30. The molecule has 0 atom stereocenters. The molecule has 0 amide bonds. The summed E-state index contributed by atoms with van der Waals surface area (Å²) >= 11 is 0. The predicted octanol–water partition coefficient (Wildman–Crippen LogP) is 1.84. The van der Waals surface area contributed by atoms with Gasteiger partial charge in [0.2, 0.25) is 5.71 Å². The summed E-state index contributed by atoms with van der Waals surface area (Å²) in [5.41, 5.74) is -0.252. The molecule has 0 bridgehead atoms. The summed E-state index contributed by atoms with van der Waals surface area (Å²) < 4.78 is 4.73. The van der Waals surface area contributed by atoms with Crippen LogP contribution in [0.5, 0.6) is 0 Å². The SMILES string of the molecule is CCOC(=O)/C(=N/OC1CCCCC1)C(C)=O. The summed E-state index contributed by atoms with van der Waals surface area (Å²) in [5, 5.41) is 3.66. The van der Waals surface area contributed by atoms with Crippen LogP contribution in [0, 0.1) is 0 Å². The average molecular weight is 241 g/mol. The van der Waals surface area contributed by atoms with Crippen molar-refractivity contribution in [1.29, 1.82) is 0 Å². The van der Waals surface area contributed by atoms with Gasteiger partial charge in [-0.25, -0.2) is 4.79 Å². The summed E-state index contributed by atoms with van der Waals surface area (Å²) in [6.45, 7) is 3.17. The summed E-state index contributed by atoms with van der Waals surface area (Å²) in [4.78, 5) is 27.9. The molecule has 0 aromatic heterocycles. The number of Topliss-reactive ketones (excluding diaryl/α,β-unsaturated/α-hetero) is 1. The van der Waals surface area contributed by atoms with Crippen LogP contribution in [0.25, 0.3) is 0 Å². The van der Waals surface area contributed by atoms with Crippen molar-refractivity contribution >= 4 is 17.5 Å². The zero-order valence-corrected chi connectivity index (χ0v) is 10.4. The highest BCUT2D eigenvalue weighted by molar-refractivity contribution is 6.63. The van der Waals surface area contributed by atoms with Crippen molar-refractivity contribution < 1.29 is 19.2 Å². The van der Waals surface area contributed by atoms with Crippen molar-refractivity contribution in [2.75, 3.05) is 6.61 Å². The van der Waals surface area contributed by atoms with Crippen molar-refractivity contribution in [1.82, 2.24) is 0 Å². The smallest absolute Gasteiger partial charge is 0.364 e. The Hall–Kier alpha value is -1.39. The molecule has 1 aliphatic rings. The van der Waals surface area contributed by atoms with Crippen LogP contribution in [0.1, 0.15) is 46.0 Å². The Morgan fingerprint density at radius 3 is 2.41 bits per heavy atom. The zero-order valence-electron chi connectivity index (χ0n) is 10.4. The summed E-state index contributed by atoms with van der Waals surface area (Å²) in [6, 6.07) is 0. The summed E-state index contributed by atoms with van der Waals surface area (Å²) in [7, 11) is 0. The maximum atomic E-state index is 11.4. The standard InChI is InChI=1S/C12H19NO4/c1-3-16-12(15)11(9(2)14)13-17-10-7-5-4-6-8-10/h10H,3-8H2,1-2H3/b13-11+. The lowest BCUT2D eigenvalue weighted by Crippen LogP contribution is -2.26. The number of esters is 1. The van der Waals surface area contributed by atoms with Crippen LogP contribution >= 0.6 is 0 Å². The number of hydrogen-bond acceptors (Lipinski definition) is 5. The van der Waals surface area contributed by atoms with Crippen LogP contribution in [0.15, 0.2) is 5.16 Å². The average Bonchev–Trinajstić information content (AvgIpc) is 2.30. The zero-order chi connectivity index (χ0) is 12.7. The van der Waals surface area contributed by atoms with Crippen LogP contribution in [0.3, 0.4) is 0 Å². The van der Waals surface area contributed by atoms with E-state index < -0.39 is 11.8 Å². The van der Waals surface area contributed by atoms with E-state index in [0.717, 1.165) is 25.7 Å². The van der Waals surface area contributed by atoms with Gasteiger partial charge >= 0.3 is 5.97 Å². The van der Waals surface area contributed by atoms with Crippen LogP contribution in [0.2, 0.25) is 0 Å². The number of carbonyl (C=O) groups is 2. The Kier molecular flexibility index (Phi) is 5.66. The van der Waals surface area contributed by atoms with Gasteiger partial charge < -0.3 is 9.57 Å². The number of carbonyl (C=O) groups excluding carboxylic acids is 2. The molecule has 5 heteroatoms. The minimum absolute atomic E-state index is 0.0209. The Labute approximate surface area is 101 Å². The fourth-order valence-corrected chi connectivity index (χ4v) is 1.74. The third-order valence-electron chi connectivity index (χ3n) is 2.65. The fraction of sp³-hybridized carbons (Fsp3) is 0.750. The maximum Gasteiger partial charge on any atom is 0.364 e. The topological polar surface area (TPSA) is 65.0 Å². The lowest BCUT2D eigenvalue weighted by Gasteiger charge is -2.19.